The molecule has 0 saturated heterocycles. The molecule has 1 atom stereocenters. The molecule has 13 heavy (non-hydrogen) atoms. The molecule has 0 amide bonds. The van der Waals surface area contributed by atoms with E-state index in [1.54, 1.807) is 11.8 Å². The van der Waals surface area contributed by atoms with Crippen molar-refractivity contribution in [2.75, 3.05) is 0 Å². The van der Waals surface area contributed by atoms with Gasteiger partial charge in [-0.15, -0.1) is 16.8 Å². The smallest absolute Gasteiger partial charge is 0.191 e. The summed E-state index contributed by atoms with van der Waals surface area (Å²) in [4.78, 5) is 0. The van der Waals surface area contributed by atoms with Crippen LogP contribution in [0.4, 0.5) is 0 Å². The lowest BCUT2D eigenvalue weighted by Gasteiger charge is -2.04. The highest BCUT2D eigenvalue weighted by Crippen LogP contribution is 2.21. The molecule has 4 nitrogen and oxygen atoms in total. The van der Waals surface area contributed by atoms with E-state index < -0.39 is 0 Å². The summed E-state index contributed by atoms with van der Waals surface area (Å²) in [6.45, 7) is 6.20. The van der Waals surface area contributed by atoms with Gasteiger partial charge in [-0.2, -0.15) is 0 Å². The van der Waals surface area contributed by atoms with Crippen LogP contribution in [0.2, 0.25) is 0 Å². The van der Waals surface area contributed by atoms with Gasteiger partial charge in [0.05, 0.1) is 6.54 Å². The first-order valence-corrected chi connectivity index (χ1v) is 4.94. The molecule has 0 bridgehead atoms. The first kappa shape index (κ1) is 10.3. The third kappa shape index (κ3) is 2.32. The maximum absolute atomic E-state index is 5.47. The molecule has 0 aromatic carbocycles. The van der Waals surface area contributed by atoms with Gasteiger partial charge in [-0.1, -0.05) is 17.8 Å². The quantitative estimate of drug-likeness (QED) is 0.578. The summed E-state index contributed by atoms with van der Waals surface area (Å²) in [5.74, 6) is 0.804. The van der Waals surface area contributed by atoms with Gasteiger partial charge in [0.15, 0.2) is 5.16 Å². The van der Waals surface area contributed by atoms with Crippen molar-refractivity contribution in [3.05, 3.63) is 18.5 Å². The molecule has 0 aliphatic rings. The SMILES string of the molecule is C=CC(C)Sc1nnc(CN)n1C. The molecule has 2 N–H and O–H groups in total. The van der Waals surface area contributed by atoms with Gasteiger partial charge >= 0.3 is 0 Å². The van der Waals surface area contributed by atoms with Crippen LogP contribution in [0.25, 0.3) is 0 Å². The van der Waals surface area contributed by atoms with Gasteiger partial charge in [0, 0.05) is 12.3 Å². The number of nitrogens with zero attached hydrogens (tertiary/aromatic N) is 3. The molecule has 0 spiro atoms. The Balaban J connectivity index is 2.77. The summed E-state index contributed by atoms with van der Waals surface area (Å²) in [5, 5.41) is 9.20. The Hall–Kier alpha value is -0.810. The Bertz CT molecular complexity index is 294. The molecule has 1 aromatic heterocycles. The molecule has 1 rings (SSSR count). The summed E-state index contributed by atoms with van der Waals surface area (Å²) in [6, 6.07) is 0. The van der Waals surface area contributed by atoms with Crippen molar-refractivity contribution in [3.8, 4) is 0 Å². The average molecular weight is 198 g/mol. The second-order valence-electron chi connectivity index (χ2n) is 2.72. The topological polar surface area (TPSA) is 56.7 Å². The van der Waals surface area contributed by atoms with Gasteiger partial charge in [0.25, 0.3) is 0 Å². The molecular formula is C8H14N4S. The Kier molecular flexibility index (Phi) is 3.50. The van der Waals surface area contributed by atoms with Crippen molar-refractivity contribution >= 4 is 11.8 Å². The Labute approximate surface area is 82.2 Å². The van der Waals surface area contributed by atoms with Crippen molar-refractivity contribution < 1.29 is 0 Å². The first-order valence-electron chi connectivity index (χ1n) is 4.06. The summed E-state index contributed by atoms with van der Waals surface area (Å²) >= 11 is 1.62. The predicted molar refractivity (Wildman–Crippen MR) is 54.4 cm³/mol. The third-order valence-electron chi connectivity index (χ3n) is 1.73. The number of nitrogens with two attached hydrogens (primary N) is 1. The summed E-state index contributed by atoms with van der Waals surface area (Å²) in [5.41, 5.74) is 5.47. The second-order valence-corrected chi connectivity index (χ2v) is 4.07. The van der Waals surface area contributed by atoms with Crippen LogP contribution in [0.15, 0.2) is 17.8 Å². The zero-order valence-electron chi connectivity index (χ0n) is 7.90. The monoisotopic (exact) mass is 198 g/mol. The molecular weight excluding hydrogens is 184 g/mol. The Morgan fingerprint density at radius 3 is 2.85 bits per heavy atom. The number of aromatic nitrogens is 3. The molecule has 1 heterocycles. The van der Waals surface area contributed by atoms with Gasteiger partial charge in [0.1, 0.15) is 5.82 Å². The van der Waals surface area contributed by atoms with E-state index in [-0.39, 0.29) is 0 Å². The second kappa shape index (κ2) is 4.43. The van der Waals surface area contributed by atoms with Crippen LogP contribution in [0.3, 0.4) is 0 Å². The maximum atomic E-state index is 5.47. The molecule has 0 aliphatic carbocycles. The summed E-state index contributed by atoms with van der Waals surface area (Å²) in [7, 11) is 1.92. The van der Waals surface area contributed by atoms with E-state index in [0.717, 1.165) is 11.0 Å². The van der Waals surface area contributed by atoms with Gasteiger partial charge < -0.3 is 10.3 Å². The third-order valence-corrected chi connectivity index (χ3v) is 2.86. The van der Waals surface area contributed by atoms with Crippen LogP contribution in [0, 0.1) is 0 Å². The molecule has 0 saturated carbocycles. The van der Waals surface area contributed by atoms with Gasteiger partial charge in [-0.05, 0) is 6.92 Å². The van der Waals surface area contributed by atoms with E-state index in [4.69, 9.17) is 5.73 Å². The van der Waals surface area contributed by atoms with Crippen molar-refractivity contribution in [3.63, 3.8) is 0 Å². The molecule has 0 fully saturated rings. The van der Waals surface area contributed by atoms with E-state index in [2.05, 4.69) is 23.7 Å². The summed E-state index contributed by atoms with van der Waals surface area (Å²) in [6.07, 6.45) is 1.88. The Morgan fingerprint density at radius 2 is 2.38 bits per heavy atom. The van der Waals surface area contributed by atoms with Crippen molar-refractivity contribution in [1.82, 2.24) is 14.8 Å². The van der Waals surface area contributed by atoms with Crippen LogP contribution < -0.4 is 5.73 Å². The van der Waals surface area contributed by atoms with Crippen molar-refractivity contribution in [2.24, 2.45) is 12.8 Å². The number of rotatable bonds is 4. The average Bonchev–Trinajstić information content (AvgIpc) is 2.48. The zero-order valence-corrected chi connectivity index (χ0v) is 8.71. The standard InChI is InChI=1S/C8H14N4S/c1-4-6(2)13-8-11-10-7(5-9)12(8)3/h4,6H,1,5,9H2,2-3H3. The predicted octanol–water partition coefficient (Wildman–Crippen LogP) is 0.940. The lowest BCUT2D eigenvalue weighted by molar-refractivity contribution is 0.733. The molecule has 5 heteroatoms. The highest BCUT2D eigenvalue weighted by molar-refractivity contribution is 7.99. The van der Waals surface area contributed by atoms with Crippen LogP contribution in [0.1, 0.15) is 12.7 Å². The van der Waals surface area contributed by atoms with E-state index in [1.807, 2.05) is 17.7 Å². The maximum Gasteiger partial charge on any atom is 0.191 e. The molecule has 0 radical (unpaired) electrons. The lowest BCUT2D eigenvalue weighted by atomic mass is 10.5. The van der Waals surface area contributed by atoms with Crippen LogP contribution in [-0.4, -0.2) is 20.0 Å². The van der Waals surface area contributed by atoms with E-state index >= 15 is 0 Å². The van der Waals surface area contributed by atoms with E-state index in [1.165, 1.54) is 0 Å². The van der Waals surface area contributed by atoms with Crippen molar-refractivity contribution in [2.45, 2.75) is 23.9 Å². The fourth-order valence-corrected chi connectivity index (χ4v) is 1.62. The number of hydrogen-bond acceptors (Lipinski definition) is 4. The van der Waals surface area contributed by atoms with Crippen LogP contribution in [-0.2, 0) is 13.6 Å². The van der Waals surface area contributed by atoms with Crippen LogP contribution in [0.5, 0.6) is 0 Å². The van der Waals surface area contributed by atoms with Gasteiger partial charge in [-0.3, -0.25) is 0 Å². The largest absolute Gasteiger partial charge is 0.324 e. The zero-order chi connectivity index (χ0) is 9.84. The molecule has 72 valence electrons. The van der Waals surface area contributed by atoms with E-state index in [0.29, 0.717) is 11.8 Å². The highest BCUT2D eigenvalue weighted by atomic mass is 32.2. The van der Waals surface area contributed by atoms with Gasteiger partial charge in [-0.25, -0.2) is 0 Å². The molecule has 1 unspecified atom stereocenters. The summed E-state index contributed by atoms with van der Waals surface area (Å²) < 4.78 is 1.91. The molecule has 0 aliphatic heterocycles. The van der Waals surface area contributed by atoms with E-state index in [9.17, 15) is 0 Å². The number of hydrogen-bond donors (Lipinski definition) is 1. The molecule has 1 aromatic rings. The highest BCUT2D eigenvalue weighted by Gasteiger charge is 2.09. The fraction of sp³-hybridized carbons (Fsp3) is 0.500. The minimum Gasteiger partial charge on any atom is -0.324 e. The first-order chi connectivity index (χ1) is 6.19. The lowest BCUT2D eigenvalue weighted by Crippen LogP contribution is -2.05. The number of thioether (sulfide) groups is 1. The van der Waals surface area contributed by atoms with Crippen molar-refractivity contribution in [1.29, 1.82) is 0 Å². The minimum atomic E-state index is 0.341. The fourth-order valence-electron chi connectivity index (χ4n) is 0.840. The Morgan fingerprint density at radius 1 is 1.69 bits per heavy atom. The van der Waals surface area contributed by atoms with Crippen LogP contribution >= 0.6 is 11.8 Å². The normalized spacial score (nSPS) is 12.8. The minimum absolute atomic E-state index is 0.341. The van der Waals surface area contributed by atoms with Gasteiger partial charge in [0.2, 0.25) is 0 Å².